The van der Waals surface area contributed by atoms with Crippen LogP contribution in [-0.2, 0) is 20.5 Å². The average Bonchev–Trinajstić information content (AvgIpc) is 2.60. The summed E-state index contributed by atoms with van der Waals surface area (Å²) < 4.78 is 42.8. The van der Waals surface area contributed by atoms with Crippen LogP contribution in [0.5, 0.6) is 0 Å². The fourth-order valence-electron chi connectivity index (χ4n) is 3.07. The van der Waals surface area contributed by atoms with Crippen LogP contribution in [0.15, 0.2) is 24.3 Å². The maximum Gasteiger partial charge on any atom is 0.416 e. The Balaban J connectivity index is 2.15. The van der Waals surface area contributed by atoms with Gasteiger partial charge in [-0.2, -0.15) is 13.2 Å². The Kier molecular flexibility index (Phi) is 6.63. The normalized spacial score (nSPS) is 21.7. The van der Waals surface area contributed by atoms with Crippen molar-refractivity contribution in [2.75, 3.05) is 13.7 Å². The summed E-state index contributed by atoms with van der Waals surface area (Å²) in [5, 5.41) is 6.05. The lowest BCUT2D eigenvalue weighted by atomic mass is 9.91. The second-order valence-electron chi connectivity index (χ2n) is 6.54. The first-order chi connectivity index (χ1) is 12.2. The van der Waals surface area contributed by atoms with Crippen LogP contribution >= 0.6 is 0 Å². The summed E-state index contributed by atoms with van der Waals surface area (Å²) in [7, 11) is 1.22. The molecule has 0 aromatic heterocycles. The van der Waals surface area contributed by atoms with Gasteiger partial charge in [-0.05, 0) is 44.0 Å². The number of amides is 1. The average molecular weight is 372 g/mol. The van der Waals surface area contributed by atoms with Crippen molar-refractivity contribution in [3.8, 4) is 0 Å². The molecule has 1 saturated heterocycles. The Morgan fingerprint density at radius 2 is 1.96 bits per heavy atom. The molecule has 1 amide bonds. The fraction of sp³-hybridized carbons (Fsp3) is 0.556. The minimum atomic E-state index is -4.44. The highest BCUT2D eigenvalue weighted by atomic mass is 19.4. The number of ether oxygens (including phenoxy) is 1. The SMILES string of the molecule is COC(=O)CC(NC(=O)[C@H]1CCN[C@@H](C)C1)c1ccc(C(F)(F)F)cc1. The van der Waals surface area contributed by atoms with Gasteiger partial charge >= 0.3 is 12.1 Å². The monoisotopic (exact) mass is 372 g/mol. The standard InChI is InChI=1S/C18H23F3N2O3/c1-11-9-13(7-8-22-11)17(25)23-15(10-16(24)26-2)12-3-5-14(6-4-12)18(19,20)21/h3-6,11,13,15,22H,7-10H2,1-2H3,(H,23,25)/t11-,13-,15?/m0/s1. The number of carbonyl (C=O) groups excluding carboxylic acids is 2. The lowest BCUT2D eigenvalue weighted by Crippen LogP contribution is -2.43. The van der Waals surface area contributed by atoms with Crippen molar-refractivity contribution in [3.05, 3.63) is 35.4 Å². The molecule has 5 nitrogen and oxygen atoms in total. The molecule has 1 aromatic carbocycles. The van der Waals surface area contributed by atoms with Gasteiger partial charge in [0, 0.05) is 12.0 Å². The minimum absolute atomic E-state index is 0.145. The molecule has 0 spiro atoms. The Morgan fingerprint density at radius 1 is 1.31 bits per heavy atom. The van der Waals surface area contributed by atoms with Gasteiger partial charge in [-0.25, -0.2) is 0 Å². The smallest absolute Gasteiger partial charge is 0.416 e. The Labute approximate surface area is 150 Å². The first-order valence-corrected chi connectivity index (χ1v) is 8.48. The topological polar surface area (TPSA) is 67.4 Å². The van der Waals surface area contributed by atoms with Crippen molar-refractivity contribution in [3.63, 3.8) is 0 Å². The number of hydrogen-bond acceptors (Lipinski definition) is 4. The number of methoxy groups -OCH3 is 1. The van der Waals surface area contributed by atoms with Crippen molar-refractivity contribution in [2.24, 2.45) is 5.92 Å². The van der Waals surface area contributed by atoms with Gasteiger partial charge in [0.15, 0.2) is 0 Å². The largest absolute Gasteiger partial charge is 0.469 e. The van der Waals surface area contributed by atoms with E-state index < -0.39 is 23.8 Å². The molecular weight excluding hydrogens is 349 g/mol. The van der Waals surface area contributed by atoms with E-state index in [9.17, 15) is 22.8 Å². The molecule has 0 saturated carbocycles. The van der Waals surface area contributed by atoms with Gasteiger partial charge in [0.05, 0.1) is 25.1 Å². The number of rotatable bonds is 5. The third kappa shape index (κ3) is 5.45. The molecule has 0 aliphatic carbocycles. The summed E-state index contributed by atoms with van der Waals surface area (Å²) in [6, 6.07) is 3.92. The highest BCUT2D eigenvalue weighted by Crippen LogP contribution is 2.30. The van der Waals surface area contributed by atoms with Crippen molar-refractivity contribution in [2.45, 2.75) is 44.4 Å². The summed E-state index contributed by atoms with van der Waals surface area (Å²) in [4.78, 5) is 24.2. The Hall–Kier alpha value is -2.09. The first-order valence-electron chi connectivity index (χ1n) is 8.48. The predicted octanol–water partition coefficient (Wildman–Crippen LogP) is 2.81. The number of halogens is 3. The molecule has 2 N–H and O–H groups in total. The van der Waals surface area contributed by atoms with E-state index in [1.807, 2.05) is 6.92 Å². The molecular formula is C18H23F3N2O3. The van der Waals surface area contributed by atoms with Gasteiger partial charge in [0.25, 0.3) is 0 Å². The highest BCUT2D eigenvalue weighted by Gasteiger charge is 2.31. The second-order valence-corrected chi connectivity index (χ2v) is 6.54. The number of hydrogen-bond donors (Lipinski definition) is 2. The van der Waals surface area contributed by atoms with Crippen molar-refractivity contribution in [1.82, 2.24) is 10.6 Å². The number of piperidine rings is 1. The summed E-state index contributed by atoms with van der Waals surface area (Å²) in [6.45, 7) is 2.71. The van der Waals surface area contributed by atoms with E-state index in [0.717, 1.165) is 18.7 Å². The van der Waals surface area contributed by atoms with Crippen LogP contribution in [0.1, 0.15) is 43.4 Å². The summed E-state index contributed by atoms with van der Waals surface area (Å²) >= 11 is 0. The molecule has 2 rings (SSSR count). The number of benzene rings is 1. The maximum absolute atomic E-state index is 12.7. The van der Waals surface area contributed by atoms with Crippen LogP contribution in [0, 0.1) is 5.92 Å². The number of esters is 1. The molecule has 144 valence electrons. The first kappa shape index (κ1) is 20.2. The third-order valence-corrected chi connectivity index (χ3v) is 4.55. The van der Waals surface area contributed by atoms with Crippen molar-refractivity contribution < 1.29 is 27.5 Å². The number of nitrogens with one attached hydrogen (secondary N) is 2. The van der Waals surface area contributed by atoms with Gasteiger partial charge in [0.1, 0.15) is 0 Å². The zero-order chi connectivity index (χ0) is 19.3. The van der Waals surface area contributed by atoms with Crippen LogP contribution in [0.25, 0.3) is 0 Å². The predicted molar refractivity (Wildman–Crippen MR) is 89.1 cm³/mol. The van der Waals surface area contributed by atoms with E-state index in [4.69, 9.17) is 0 Å². The Bertz CT molecular complexity index is 632. The molecule has 0 bridgehead atoms. The molecule has 0 radical (unpaired) electrons. The van der Waals surface area contributed by atoms with Crippen LogP contribution < -0.4 is 10.6 Å². The molecule has 1 unspecified atom stereocenters. The fourth-order valence-corrected chi connectivity index (χ4v) is 3.07. The van der Waals surface area contributed by atoms with Crippen LogP contribution in [0.2, 0.25) is 0 Å². The van der Waals surface area contributed by atoms with Crippen molar-refractivity contribution in [1.29, 1.82) is 0 Å². The molecule has 26 heavy (non-hydrogen) atoms. The van der Waals surface area contributed by atoms with Gasteiger partial charge in [0.2, 0.25) is 5.91 Å². The molecule has 3 atom stereocenters. The zero-order valence-corrected chi connectivity index (χ0v) is 14.7. The van der Waals surface area contributed by atoms with E-state index in [-0.39, 0.29) is 24.3 Å². The van der Waals surface area contributed by atoms with E-state index >= 15 is 0 Å². The molecule has 1 aromatic rings. The van der Waals surface area contributed by atoms with E-state index in [2.05, 4.69) is 15.4 Å². The summed E-state index contributed by atoms with van der Waals surface area (Å²) in [5.74, 6) is -0.943. The third-order valence-electron chi connectivity index (χ3n) is 4.55. The molecule has 1 fully saturated rings. The van der Waals surface area contributed by atoms with Gasteiger partial charge in [-0.3, -0.25) is 9.59 Å². The second kappa shape index (κ2) is 8.53. The molecule has 1 aliphatic heterocycles. The van der Waals surface area contributed by atoms with E-state index in [1.165, 1.54) is 19.2 Å². The lowest BCUT2D eigenvalue weighted by Gasteiger charge is -2.29. The van der Waals surface area contributed by atoms with Crippen molar-refractivity contribution >= 4 is 11.9 Å². The van der Waals surface area contributed by atoms with E-state index in [1.54, 1.807) is 0 Å². The maximum atomic E-state index is 12.7. The van der Waals surface area contributed by atoms with Crippen LogP contribution in [-0.4, -0.2) is 31.6 Å². The van der Waals surface area contributed by atoms with Crippen LogP contribution in [0.3, 0.4) is 0 Å². The van der Waals surface area contributed by atoms with Gasteiger partial charge in [-0.1, -0.05) is 12.1 Å². The summed E-state index contributed by atoms with van der Waals surface area (Å²) in [6.07, 6.45) is -3.24. The summed E-state index contributed by atoms with van der Waals surface area (Å²) in [5.41, 5.74) is -0.352. The lowest BCUT2D eigenvalue weighted by molar-refractivity contribution is -0.141. The molecule has 8 heteroatoms. The zero-order valence-electron chi connectivity index (χ0n) is 14.7. The number of carbonyl (C=O) groups is 2. The number of alkyl halides is 3. The Morgan fingerprint density at radius 3 is 2.50 bits per heavy atom. The van der Waals surface area contributed by atoms with E-state index in [0.29, 0.717) is 18.4 Å². The van der Waals surface area contributed by atoms with Gasteiger partial charge < -0.3 is 15.4 Å². The molecule has 1 heterocycles. The highest BCUT2D eigenvalue weighted by molar-refractivity contribution is 5.80. The van der Waals surface area contributed by atoms with Crippen LogP contribution in [0.4, 0.5) is 13.2 Å². The minimum Gasteiger partial charge on any atom is -0.469 e. The van der Waals surface area contributed by atoms with Gasteiger partial charge in [-0.15, -0.1) is 0 Å². The quantitative estimate of drug-likeness (QED) is 0.780. The molecule has 1 aliphatic rings.